The summed E-state index contributed by atoms with van der Waals surface area (Å²) in [5.74, 6) is -0.000767. The van der Waals surface area contributed by atoms with Gasteiger partial charge in [0.05, 0.1) is 6.42 Å². The third-order valence-corrected chi connectivity index (χ3v) is 2.88. The van der Waals surface area contributed by atoms with Crippen molar-refractivity contribution < 1.29 is 4.79 Å². The molecule has 0 saturated heterocycles. The third-order valence-electron chi connectivity index (χ3n) is 2.63. The lowest BCUT2D eigenvalue weighted by Crippen LogP contribution is -2.27. The van der Waals surface area contributed by atoms with Crippen LogP contribution < -0.4 is 5.32 Å². The predicted molar refractivity (Wildman–Crippen MR) is 73.9 cm³/mol. The number of halogens is 1. The SMILES string of the molecule is O=C(Cc1ccc(Cl)cc1)NCCc1cncnc1. The number of carbonyl (C=O) groups is 1. The standard InChI is InChI=1S/C14H14ClN3O/c15-13-3-1-11(2-4-13)7-14(19)18-6-5-12-8-16-10-17-9-12/h1-4,8-10H,5-7H2,(H,18,19). The van der Waals surface area contributed by atoms with Crippen LogP contribution in [0.1, 0.15) is 11.1 Å². The molecule has 2 aromatic rings. The summed E-state index contributed by atoms with van der Waals surface area (Å²) in [5, 5.41) is 3.54. The van der Waals surface area contributed by atoms with Gasteiger partial charge in [-0.2, -0.15) is 0 Å². The Hall–Kier alpha value is -1.94. The van der Waals surface area contributed by atoms with Gasteiger partial charge in [-0.05, 0) is 29.7 Å². The van der Waals surface area contributed by atoms with Crippen LogP contribution in [-0.4, -0.2) is 22.4 Å². The number of benzene rings is 1. The van der Waals surface area contributed by atoms with Gasteiger partial charge in [0.15, 0.2) is 0 Å². The molecule has 19 heavy (non-hydrogen) atoms. The smallest absolute Gasteiger partial charge is 0.224 e. The van der Waals surface area contributed by atoms with Crippen molar-refractivity contribution >= 4 is 17.5 Å². The van der Waals surface area contributed by atoms with Gasteiger partial charge in [-0.1, -0.05) is 23.7 Å². The second kappa shape index (κ2) is 6.85. The number of hydrogen-bond donors (Lipinski definition) is 1. The van der Waals surface area contributed by atoms with Gasteiger partial charge in [-0.3, -0.25) is 4.79 Å². The minimum Gasteiger partial charge on any atom is -0.355 e. The van der Waals surface area contributed by atoms with E-state index in [0.717, 1.165) is 17.5 Å². The average molecular weight is 276 g/mol. The van der Waals surface area contributed by atoms with E-state index in [1.165, 1.54) is 6.33 Å². The molecule has 0 spiro atoms. The maximum atomic E-state index is 11.7. The lowest BCUT2D eigenvalue weighted by molar-refractivity contribution is -0.120. The van der Waals surface area contributed by atoms with Gasteiger partial charge in [-0.25, -0.2) is 9.97 Å². The van der Waals surface area contributed by atoms with Gasteiger partial charge in [0, 0.05) is 24.0 Å². The Kier molecular flexibility index (Phi) is 4.86. The fourth-order valence-corrected chi connectivity index (χ4v) is 1.78. The largest absolute Gasteiger partial charge is 0.355 e. The fraction of sp³-hybridized carbons (Fsp3) is 0.214. The van der Waals surface area contributed by atoms with Crippen LogP contribution in [0, 0.1) is 0 Å². The monoisotopic (exact) mass is 275 g/mol. The van der Waals surface area contributed by atoms with E-state index in [0.29, 0.717) is 18.0 Å². The van der Waals surface area contributed by atoms with Crippen LogP contribution in [0.15, 0.2) is 43.0 Å². The first-order valence-corrected chi connectivity index (χ1v) is 6.37. The van der Waals surface area contributed by atoms with Crippen molar-refractivity contribution in [2.75, 3.05) is 6.54 Å². The van der Waals surface area contributed by atoms with Crippen LogP contribution in [0.25, 0.3) is 0 Å². The molecule has 98 valence electrons. The second-order valence-corrected chi connectivity index (χ2v) is 4.59. The minimum atomic E-state index is -0.000767. The first-order chi connectivity index (χ1) is 9.24. The zero-order valence-electron chi connectivity index (χ0n) is 10.3. The number of rotatable bonds is 5. The molecule has 0 aliphatic heterocycles. The molecule has 4 nitrogen and oxygen atoms in total. The molecule has 0 aliphatic carbocycles. The van der Waals surface area contributed by atoms with E-state index in [1.807, 2.05) is 12.1 Å². The third kappa shape index (κ3) is 4.67. The Labute approximate surface area is 116 Å². The van der Waals surface area contributed by atoms with E-state index in [1.54, 1.807) is 24.5 Å². The molecule has 1 aromatic heterocycles. The molecule has 1 N–H and O–H groups in total. The summed E-state index contributed by atoms with van der Waals surface area (Å²) >= 11 is 5.79. The molecule has 1 heterocycles. The van der Waals surface area contributed by atoms with E-state index in [2.05, 4.69) is 15.3 Å². The van der Waals surface area contributed by atoms with Gasteiger partial charge in [0.1, 0.15) is 6.33 Å². The van der Waals surface area contributed by atoms with Crippen molar-refractivity contribution in [2.24, 2.45) is 0 Å². The Morgan fingerprint density at radius 1 is 1.11 bits per heavy atom. The quantitative estimate of drug-likeness (QED) is 0.908. The van der Waals surface area contributed by atoms with Crippen molar-refractivity contribution in [3.8, 4) is 0 Å². The van der Waals surface area contributed by atoms with Gasteiger partial charge in [-0.15, -0.1) is 0 Å². The maximum Gasteiger partial charge on any atom is 0.224 e. The highest BCUT2D eigenvalue weighted by molar-refractivity contribution is 6.30. The first-order valence-electron chi connectivity index (χ1n) is 5.99. The fourth-order valence-electron chi connectivity index (χ4n) is 1.66. The Morgan fingerprint density at radius 3 is 2.47 bits per heavy atom. The molecule has 0 aliphatic rings. The maximum absolute atomic E-state index is 11.7. The predicted octanol–water partition coefficient (Wildman–Crippen LogP) is 2.03. The Bertz CT molecular complexity index is 528. The lowest BCUT2D eigenvalue weighted by Gasteiger charge is -2.05. The van der Waals surface area contributed by atoms with Gasteiger partial charge in [0.2, 0.25) is 5.91 Å². The van der Waals surface area contributed by atoms with Gasteiger partial charge < -0.3 is 5.32 Å². The van der Waals surface area contributed by atoms with Crippen LogP contribution in [0.2, 0.25) is 5.02 Å². The summed E-state index contributed by atoms with van der Waals surface area (Å²) in [4.78, 5) is 19.6. The summed E-state index contributed by atoms with van der Waals surface area (Å²) in [6, 6.07) is 7.27. The zero-order valence-corrected chi connectivity index (χ0v) is 11.1. The van der Waals surface area contributed by atoms with Crippen molar-refractivity contribution in [1.29, 1.82) is 0 Å². The van der Waals surface area contributed by atoms with Crippen LogP contribution in [0.5, 0.6) is 0 Å². The molecular weight excluding hydrogens is 262 g/mol. The summed E-state index contributed by atoms with van der Waals surface area (Å²) in [6.45, 7) is 0.583. The van der Waals surface area contributed by atoms with E-state index in [4.69, 9.17) is 11.6 Å². The highest BCUT2D eigenvalue weighted by atomic mass is 35.5. The van der Waals surface area contributed by atoms with E-state index in [9.17, 15) is 4.79 Å². The number of hydrogen-bond acceptors (Lipinski definition) is 3. The van der Waals surface area contributed by atoms with Crippen LogP contribution in [-0.2, 0) is 17.6 Å². The van der Waals surface area contributed by atoms with Crippen LogP contribution in [0.4, 0.5) is 0 Å². The van der Waals surface area contributed by atoms with E-state index >= 15 is 0 Å². The molecular formula is C14H14ClN3O. The highest BCUT2D eigenvalue weighted by Gasteiger charge is 2.03. The molecule has 5 heteroatoms. The van der Waals surface area contributed by atoms with Crippen molar-refractivity contribution in [2.45, 2.75) is 12.8 Å². The molecule has 0 saturated carbocycles. The molecule has 1 amide bonds. The molecule has 2 rings (SSSR count). The summed E-state index contributed by atoms with van der Waals surface area (Å²) in [7, 11) is 0. The molecule has 1 aromatic carbocycles. The average Bonchev–Trinajstić information content (AvgIpc) is 2.43. The topological polar surface area (TPSA) is 54.9 Å². The summed E-state index contributed by atoms with van der Waals surface area (Å²) in [5.41, 5.74) is 1.96. The lowest BCUT2D eigenvalue weighted by atomic mass is 10.1. The Balaban J connectivity index is 1.74. The first kappa shape index (κ1) is 13.5. The van der Waals surface area contributed by atoms with Crippen LogP contribution >= 0.6 is 11.6 Å². The van der Waals surface area contributed by atoms with Crippen molar-refractivity contribution in [3.05, 3.63) is 59.1 Å². The number of nitrogens with one attached hydrogen (secondary N) is 1. The normalized spacial score (nSPS) is 10.2. The molecule has 0 atom stereocenters. The minimum absolute atomic E-state index is 0.000767. The zero-order chi connectivity index (χ0) is 13.5. The van der Waals surface area contributed by atoms with Crippen LogP contribution in [0.3, 0.4) is 0 Å². The van der Waals surface area contributed by atoms with Crippen molar-refractivity contribution in [1.82, 2.24) is 15.3 Å². The van der Waals surface area contributed by atoms with E-state index < -0.39 is 0 Å². The molecule has 0 bridgehead atoms. The van der Waals surface area contributed by atoms with E-state index in [-0.39, 0.29) is 5.91 Å². The number of amides is 1. The highest BCUT2D eigenvalue weighted by Crippen LogP contribution is 2.09. The number of carbonyl (C=O) groups excluding carboxylic acids is 1. The number of aromatic nitrogens is 2. The Morgan fingerprint density at radius 2 is 1.79 bits per heavy atom. The van der Waals surface area contributed by atoms with Gasteiger partial charge >= 0.3 is 0 Å². The molecule has 0 radical (unpaired) electrons. The summed E-state index contributed by atoms with van der Waals surface area (Å²) < 4.78 is 0. The number of nitrogens with zero attached hydrogens (tertiary/aromatic N) is 2. The molecule has 0 unspecified atom stereocenters. The molecule has 0 fully saturated rings. The second-order valence-electron chi connectivity index (χ2n) is 4.15. The summed E-state index contributed by atoms with van der Waals surface area (Å²) in [6.07, 6.45) is 6.08. The van der Waals surface area contributed by atoms with Gasteiger partial charge in [0.25, 0.3) is 0 Å². The van der Waals surface area contributed by atoms with Crippen molar-refractivity contribution in [3.63, 3.8) is 0 Å².